The number of aliphatic hydroxyl groups excluding tert-OH is 1. The summed E-state index contributed by atoms with van der Waals surface area (Å²) in [7, 11) is 0. The van der Waals surface area contributed by atoms with Gasteiger partial charge in [0.2, 0.25) is 5.91 Å². The van der Waals surface area contributed by atoms with Gasteiger partial charge in [-0.3, -0.25) is 19.9 Å². The molecule has 2 N–H and O–H groups in total. The van der Waals surface area contributed by atoms with Crippen LogP contribution in [0, 0.1) is 10.1 Å². The predicted octanol–water partition coefficient (Wildman–Crippen LogP) is 1.38. The lowest BCUT2D eigenvalue weighted by atomic mass is 10.1. The monoisotopic (exact) mass is 301 g/mol. The predicted molar refractivity (Wildman–Crippen MR) is 79.0 cm³/mol. The van der Waals surface area contributed by atoms with Crippen LogP contribution in [0.5, 0.6) is 0 Å². The van der Waals surface area contributed by atoms with Crippen LogP contribution in [0.2, 0.25) is 0 Å². The molecule has 0 bridgehead atoms. The van der Waals surface area contributed by atoms with E-state index >= 15 is 0 Å². The number of nitro benzene ring substituents is 1. The number of carbonyl (C=O) groups excluding carboxylic acids is 1. The number of aromatic nitrogens is 1. The Kier molecular flexibility index (Phi) is 5.16. The van der Waals surface area contributed by atoms with Crippen molar-refractivity contribution in [3.05, 3.63) is 70.0 Å². The van der Waals surface area contributed by atoms with Crippen molar-refractivity contribution in [1.29, 1.82) is 0 Å². The molecular weight excluding hydrogens is 286 g/mol. The summed E-state index contributed by atoms with van der Waals surface area (Å²) in [5.74, 6) is -0.274. The Balaban J connectivity index is 1.84. The number of pyridine rings is 1. The van der Waals surface area contributed by atoms with Gasteiger partial charge >= 0.3 is 0 Å². The topological polar surface area (TPSA) is 105 Å². The van der Waals surface area contributed by atoms with E-state index in [1.54, 1.807) is 24.4 Å². The zero-order valence-electron chi connectivity index (χ0n) is 11.7. The van der Waals surface area contributed by atoms with E-state index in [9.17, 15) is 20.0 Å². The van der Waals surface area contributed by atoms with Crippen LogP contribution in [-0.2, 0) is 11.2 Å². The first-order valence-electron chi connectivity index (χ1n) is 6.65. The summed E-state index contributed by atoms with van der Waals surface area (Å²) >= 11 is 0. The van der Waals surface area contributed by atoms with Crippen LogP contribution in [0.1, 0.15) is 17.4 Å². The molecule has 0 fully saturated rings. The average molecular weight is 301 g/mol. The molecule has 7 heteroatoms. The van der Waals surface area contributed by atoms with Gasteiger partial charge in [0.15, 0.2) is 0 Å². The second-order valence-corrected chi connectivity index (χ2v) is 4.67. The van der Waals surface area contributed by atoms with E-state index in [2.05, 4.69) is 10.3 Å². The smallest absolute Gasteiger partial charge is 0.269 e. The number of hydrogen-bond donors (Lipinski definition) is 2. The summed E-state index contributed by atoms with van der Waals surface area (Å²) in [5, 5.41) is 23.0. The summed E-state index contributed by atoms with van der Waals surface area (Å²) < 4.78 is 0. The molecule has 1 aromatic heterocycles. The van der Waals surface area contributed by atoms with Crippen molar-refractivity contribution >= 4 is 11.6 Å². The van der Waals surface area contributed by atoms with Crippen LogP contribution < -0.4 is 5.32 Å². The summed E-state index contributed by atoms with van der Waals surface area (Å²) in [4.78, 5) is 25.8. The highest BCUT2D eigenvalue weighted by atomic mass is 16.6. The number of nitrogens with zero attached hydrogens (tertiary/aromatic N) is 2. The minimum Gasteiger partial charge on any atom is -0.385 e. The Hall–Kier alpha value is -2.80. The number of rotatable bonds is 6. The van der Waals surface area contributed by atoms with Gasteiger partial charge in [-0.05, 0) is 17.7 Å². The average Bonchev–Trinajstić information content (AvgIpc) is 2.54. The van der Waals surface area contributed by atoms with E-state index in [1.807, 2.05) is 0 Å². The fourth-order valence-corrected chi connectivity index (χ4v) is 1.87. The number of amides is 1. The van der Waals surface area contributed by atoms with Crippen LogP contribution in [0.4, 0.5) is 5.69 Å². The van der Waals surface area contributed by atoms with Crippen LogP contribution in [0.3, 0.4) is 0 Å². The van der Waals surface area contributed by atoms with E-state index < -0.39 is 11.0 Å². The molecule has 0 aliphatic rings. The number of aliphatic hydroxyl groups is 1. The lowest BCUT2D eigenvalue weighted by molar-refractivity contribution is -0.384. The van der Waals surface area contributed by atoms with E-state index in [4.69, 9.17) is 0 Å². The Morgan fingerprint density at radius 2 is 2.00 bits per heavy atom. The first-order valence-corrected chi connectivity index (χ1v) is 6.65. The van der Waals surface area contributed by atoms with Gasteiger partial charge < -0.3 is 10.4 Å². The molecule has 0 saturated carbocycles. The van der Waals surface area contributed by atoms with Gasteiger partial charge in [-0.15, -0.1) is 0 Å². The standard InChI is InChI=1S/C15H15N3O4/c19-14(13-3-1-2-8-16-13)10-17-15(20)9-11-4-6-12(7-5-11)18(21)22/h1-8,14,19H,9-10H2,(H,17,20)/t14-/m1/s1. The highest BCUT2D eigenvalue weighted by molar-refractivity contribution is 5.78. The van der Waals surface area contributed by atoms with Crippen molar-refractivity contribution in [2.45, 2.75) is 12.5 Å². The van der Waals surface area contributed by atoms with E-state index in [-0.39, 0.29) is 24.6 Å². The quantitative estimate of drug-likeness (QED) is 0.619. The molecule has 0 aliphatic heterocycles. The van der Waals surface area contributed by atoms with Crippen LogP contribution >= 0.6 is 0 Å². The normalized spacial score (nSPS) is 11.7. The molecule has 1 aromatic carbocycles. The minimum absolute atomic E-state index is 0.0188. The van der Waals surface area contributed by atoms with Crippen molar-refractivity contribution in [2.75, 3.05) is 6.54 Å². The van der Waals surface area contributed by atoms with Gasteiger partial charge in [0.05, 0.1) is 17.0 Å². The molecule has 2 aromatic rings. The number of nitrogens with one attached hydrogen (secondary N) is 1. The molecule has 1 amide bonds. The summed E-state index contributed by atoms with van der Waals surface area (Å²) in [6.45, 7) is 0.0584. The van der Waals surface area contributed by atoms with Crippen molar-refractivity contribution in [1.82, 2.24) is 10.3 Å². The first-order chi connectivity index (χ1) is 10.6. The van der Waals surface area contributed by atoms with Gasteiger partial charge in [0, 0.05) is 24.9 Å². The Labute approximate surface area is 126 Å². The van der Waals surface area contributed by atoms with Crippen molar-refractivity contribution in [3.63, 3.8) is 0 Å². The Morgan fingerprint density at radius 3 is 2.59 bits per heavy atom. The third-order valence-electron chi connectivity index (χ3n) is 3.03. The number of nitro groups is 1. The highest BCUT2D eigenvalue weighted by Gasteiger charge is 2.11. The van der Waals surface area contributed by atoms with Crippen LogP contribution in [-0.4, -0.2) is 27.5 Å². The van der Waals surface area contributed by atoms with Gasteiger partial charge in [0.1, 0.15) is 6.10 Å². The second kappa shape index (κ2) is 7.28. The first kappa shape index (κ1) is 15.6. The van der Waals surface area contributed by atoms with E-state index in [0.29, 0.717) is 11.3 Å². The fourth-order valence-electron chi connectivity index (χ4n) is 1.87. The van der Waals surface area contributed by atoms with E-state index in [0.717, 1.165) is 0 Å². The Morgan fingerprint density at radius 1 is 1.27 bits per heavy atom. The van der Waals surface area contributed by atoms with Gasteiger partial charge in [-0.25, -0.2) is 0 Å². The van der Waals surface area contributed by atoms with Crippen molar-refractivity contribution in [3.8, 4) is 0 Å². The lowest BCUT2D eigenvalue weighted by Crippen LogP contribution is -2.29. The van der Waals surface area contributed by atoms with Crippen molar-refractivity contribution < 1.29 is 14.8 Å². The minimum atomic E-state index is -0.873. The molecule has 1 heterocycles. The molecule has 1 atom stereocenters. The maximum absolute atomic E-state index is 11.8. The van der Waals surface area contributed by atoms with Gasteiger partial charge in [0.25, 0.3) is 5.69 Å². The molecular formula is C15H15N3O4. The van der Waals surface area contributed by atoms with E-state index in [1.165, 1.54) is 24.3 Å². The molecule has 0 spiro atoms. The molecule has 0 radical (unpaired) electrons. The third kappa shape index (κ3) is 4.35. The van der Waals surface area contributed by atoms with Crippen molar-refractivity contribution in [2.24, 2.45) is 0 Å². The van der Waals surface area contributed by atoms with Gasteiger partial charge in [-0.1, -0.05) is 18.2 Å². The molecule has 0 saturated heterocycles. The maximum Gasteiger partial charge on any atom is 0.269 e. The van der Waals surface area contributed by atoms with Crippen LogP contribution in [0.25, 0.3) is 0 Å². The molecule has 0 unspecified atom stereocenters. The molecule has 0 aliphatic carbocycles. The third-order valence-corrected chi connectivity index (χ3v) is 3.03. The Bertz CT molecular complexity index is 644. The molecule has 114 valence electrons. The number of carbonyl (C=O) groups is 1. The molecule has 2 rings (SSSR count). The largest absolute Gasteiger partial charge is 0.385 e. The maximum atomic E-state index is 11.8. The SMILES string of the molecule is O=C(Cc1ccc([N+](=O)[O-])cc1)NC[C@@H](O)c1ccccn1. The number of benzene rings is 1. The summed E-state index contributed by atoms with van der Waals surface area (Å²) in [6.07, 6.45) is 0.784. The zero-order chi connectivity index (χ0) is 15.9. The molecule has 22 heavy (non-hydrogen) atoms. The van der Waals surface area contributed by atoms with Gasteiger partial charge in [-0.2, -0.15) is 0 Å². The fraction of sp³-hybridized carbons (Fsp3) is 0.200. The summed E-state index contributed by atoms with van der Waals surface area (Å²) in [5.41, 5.74) is 1.13. The lowest BCUT2D eigenvalue weighted by Gasteiger charge is -2.11. The number of hydrogen-bond acceptors (Lipinski definition) is 5. The summed E-state index contributed by atoms with van der Waals surface area (Å²) in [6, 6.07) is 10.9. The highest BCUT2D eigenvalue weighted by Crippen LogP contribution is 2.12. The molecule has 7 nitrogen and oxygen atoms in total. The second-order valence-electron chi connectivity index (χ2n) is 4.67. The zero-order valence-corrected chi connectivity index (χ0v) is 11.7. The number of non-ortho nitro benzene ring substituents is 1. The van der Waals surface area contributed by atoms with Crippen LogP contribution in [0.15, 0.2) is 48.7 Å².